The number of aromatic amines is 1. The van der Waals surface area contributed by atoms with Gasteiger partial charge in [-0.1, -0.05) is 12.1 Å². The van der Waals surface area contributed by atoms with Crippen LogP contribution in [-0.2, 0) is 0 Å². The Hall–Kier alpha value is -2.50. The van der Waals surface area contributed by atoms with E-state index in [0.717, 1.165) is 43.4 Å². The fourth-order valence-electron chi connectivity index (χ4n) is 2.60. The van der Waals surface area contributed by atoms with E-state index in [1.54, 1.807) is 13.2 Å². The number of methoxy groups -OCH3 is 1. The SMILES string of the molecule is COc1ccccc1N1CCN(c2cc(=O)[nH]cn2)CC1. The van der Waals surface area contributed by atoms with E-state index in [1.807, 2.05) is 18.2 Å². The molecule has 0 amide bonds. The lowest BCUT2D eigenvalue weighted by molar-refractivity contribution is 0.413. The van der Waals surface area contributed by atoms with Crippen LogP contribution in [0.3, 0.4) is 0 Å². The molecule has 0 radical (unpaired) electrons. The smallest absolute Gasteiger partial charge is 0.252 e. The first-order chi connectivity index (χ1) is 10.3. The zero-order chi connectivity index (χ0) is 14.7. The van der Waals surface area contributed by atoms with Gasteiger partial charge in [0.1, 0.15) is 11.6 Å². The largest absolute Gasteiger partial charge is 0.495 e. The predicted molar refractivity (Wildman–Crippen MR) is 82.3 cm³/mol. The maximum Gasteiger partial charge on any atom is 0.252 e. The lowest BCUT2D eigenvalue weighted by Gasteiger charge is -2.37. The average molecular weight is 286 g/mol. The van der Waals surface area contributed by atoms with Gasteiger partial charge in [-0.05, 0) is 12.1 Å². The molecule has 1 aliphatic rings. The number of nitrogens with one attached hydrogen (secondary N) is 1. The zero-order valence-electron chi connectivity index (χ0n) is 12.0. The van der Waals surface area contributed by atoms with Crippen molar-refractivity contribution < 1.29 is 4.74 Å². The molecule has 3 rings (SSSR count). The average Bonchev–Trinajstić information content (AvgIpc) is 2.55. The van der Waals surface area contributed by atoms with Crippen LogP contribution in [0.2, 0.25) is 0 Å². The lowest BCUT2D eigenvalue weighted by Crippen LogP contribution is -2.47. The Bertz CT molecular complexity index is 662. The molecule has 6 heteroatoms. The summed E-state index contributed by atoms with van der Waals surface area (Å²) in [5, 5.41) is 0. The molecule has 0 bridgehead atoms. The summed E-state index contributed by atoms with van der Waals surface area (Å²) in [6.45, 7) is 3.40. The molecule has 0 spiro atoms. The molecule has 21 heavy (non-hydrogen) atoms. The first-order valence-corrected chi connectivity index (χ1v) is 6.95. The van der Waals surface area contributed by atoms with Gasteiger partial charge in [-0.3, -0.25) is 4.79 Å². The molecule has 1 aromatic heterocycles. The van der Waals surface area contributed by atoms with Gasteiger partial charge >= 0.3 is 0 Å². The van der Waals surface area contributed by atoms with Crippen LogP contribution in [0.4, 0.5) is 11.5 Å². The quantitative estimate of drug-likeness (QED) is 0.915. The number of aromatic nitrogens is 2. The summed E-state index contributed by atoms with van der Waals surface area (Å²) in [4.78, 5) is 22.5. The van der Waals surface area contributed by atoms with Crippen molar-refractivity contribution in [1.82, 2.24) is 9.97 Å². The van der Waals surface area contributed by atoms with E-state index in [0.29, 0.717) is 0 Å². The monoisotopic (exact) mass is 286 g/mol. The molecule has 2 aromatic rings. The van der Waals surface area contributed by atoms with Crippen molar-refractivity contribution in [2.45, 2.75) is 0 Å². The molecule has 1 aliphatic heterocycles. The van der Waals surface area contributed by atoms with Crippen LogP contribution >= 0.6 is 0 Å². The maximum absolute atomic E-state index is 11.4. The Kier molecular flexibility index (Phi) is 3.77. The summed E-state index contributed by atoms with van der Waals surface area (Å²) in [5.41, 5.74) is 0.991. The number of benzene rings is 1. The molecule has 1 N–H and O–H groups in total. The highest BCUT2D eigenvalue weighted by Gasteiger charge is 2.20. The molecular formula is C15H18N4O2. The standard InChI is InChI=1S/C15H18N4O2/c1-21-13-5-3-2-4-12(13)18-6-8-19(9-7-18)14-10-15(20)17-11-16-14/h2-5,10-11H,6-9H2,1H3,(H,16,17,20). The third-order valence-corrected chi connectivity index (χ3v) is 3.69. The van der Waals surface area contributed by atoms with E-state index >= 15 is 0 Å². The number of anilines is 2. The summed E-state index contributed by atoms with van der Waals surface area (Å²) in [6, 6.07) is 9.57. The molecule has 0 atom stereocenters. The zero-order valence-corrected chi connectivity index (χ0v) is 12.0. The van der Waals surface area contributed by atoms with Gasteiger partial charge in [0.2, 0.25) is 0 Å². The molecule has 1 aromatic carbocycles. The highest BCUT2D eigenvalue weighted by atomic mass is 16.5. The van der Waals surface area contributed by atoms with Gasteiger partial charge in [0.05, 0.1) is 19.1 Å². The fourth-order valence-corrected chi connectivity index (χ4v) is 2.60. The summed E-state index contributed by atoms with van der Waals surface area (Å²) in [6.07, 6.45) is 1.45. The summed E-state index contributed by atoms with van der Waals surface area (Å²) < 4.78 is 5.41. The van der Waals surface area contributed by atoms with Gasteiger partial charge in [-0.2, -0.15) is 0 Å². The Morgan fingerprint density at radius 3 is 2.57 bits per heavy atom. The maximum atomic E-state index is 11.4. The minimum Gasteiger partial charge on any atom is -0.495 e. The molecule has 0 aliphatic carbocycles. The van der Waals surface area contributed by atoms with Gasteiger partial charge in [0, 0.05) is 32.2 Å². The van der Waals surface area contributed by atoms with Crippen molar-refractivity contribution in [3.8, 4) is 5.75 Å². The molecular weight excluding hydrogens is 268 g/mol. The van der Waals surface area contributed by atoms with Gasteiger partial charge in [-0.15, -0.1) is 0 Å². The number of rotatable bonds is 3. The number of piperazine rings is 1. The van der Waals surface area contributed by atoms with Crippen molar-refractivity contribution in [3.63, 3.8) is 0 Å². The van der Waals surface area contributed by atoms with E-state index in [4.69, 9.17) is 4.74 Å². The molecule has 0 unspecified atom stereocenters. The third kappa shape index (κ3) is 2.84. The van der Waals surface area contributed by atoms with Crippen molar-refractivity contribution in [1.29, 1.82) is 0 Å². The third-order valence-electron chi connectivity index (χ3n) is 3.69. The van der Waals surface area contributed by atoms with Crippen LogP contribution in [0.5, 0.6) is 5.75 Å². The highest BCUT2D eigenvalue weighted by molar-refractivity contribution is 5.59. The van der Waals surface area contributed by atoms with Crippen LogP contribution in [0.25, 0.3) is 0 Å². The molecule has 1 saturated heterocycles. The van der Waals surface area contributed by atoms with Crippen LogP contribution in [0, 0.1) is 0 Å². The fraction of sp³-hybridized carbons (Fsp3) is 0.333. The molecule has 1 fully saturated rings. The summed E-state index contributed by atoms with van der Waals surface area (Å²) >= 11 is 0. The van der Waals surface area contributed by atoms with E-state index in [1.165, 1.54) is 6.33 Å². The number of hydrogen-bond donors (Lipinski definition) is 1. The van der Waals surface area contributed by atoms with Crippen LogP contribution in [0.15, 0.2) is 41.5 Å². The Morgan fingerprint density at radius 1 is 1.14 bits per heavy atom. The van der Waals surface area contributed by atoms with Crippen LogP contribution in [-0.4, -0.2) is 43.3 Å². The first-order valence-electron chi connectivity index (χ1n) is 6.95. The predicted octanol–water partition coefficient (Wildman–Crippen LogP) is 1.11. The molecule has 110 valence electrons. The summed E-state index contributed by atoms with van der Waals surface area (Å²) in [7, 11) is 1.69. The van der Waals surface area contributed by atoms with Crippen molar-refractivity contribution in [3.05, 3.63) is 47.0 Å². The topological polar surface area (TPSA) is 61.5 Å². The number of nitrogens with zero attached hydrogens (tertiary/aromatic N) is 3. The van der Waals surface area contributed by atoms with E-state index in [9.17, 15) is 4.79 Å². The van der Waals surface area contributed by atoms with E-state index < -0.39 is 0 Å². The van der Waals surface area contributed by atoms with Gasteiger partial charge in [0.25, 0.3) is 5.56 Å². The van der Waals surface area contributed by atoms with Gasteiger partial charge in [-0.25, -0.2) is 4.98 Å². The van der Waals surface area contributed by atoms with Crippen molar-refractivity contribution in [2.75, 3.05) is 43.1 Å². The minimum absolute atomic E-state index is 0.118. The highest BCUT2D eigenvalue weighted by Crippen LogP contribution is 2.28. The Balaban J connectivity index is 1.72. The van der Waals surface area contributed by atoms with Crippen molar-refractivity contribution >= 4 is 11.5 Å². The number of para-hydroxylation sites is 2. The second kappa shape index (κ2) is 5.87. The number of ether oxygens (including phenoxy) is 1. The summed E-state index contributed by atoms with van der Waals surface area (Å²) in [5.74, 6) is 1.62. The van der Waals surface area contributed by atoms with Gasteiger partial charge < -0.3 is 19.5 Å². The Labute approximate surface area is 123 Å². The van der Waals surface area contributed by atoms with Crippen LogP contribution in [0.1, 0.15) is 0 Å². The van der Waals surface area contributed by atoms with Gasteiger partial charge in [0.15, 0.2) is 0 Å². The minimum atomic E-state index is -0.118. The van der Waals surface area contributed by atoms with E-state index in [-0.39, 0.29) is 5.56 Å². The number of H-pyrrole nitrogens is 1. The first kappa shape index (κ1) is 13.5. The normalized spacial score (nSPS) is 15.1. The number of hydrogen-bond acceptors (Lipinski definition) is 5. The van der Waals surface area contributed by atoms with Crippen molar-refractivity contribution in [2.24, 2.45) is 0 Å². The second-order valence-corrected chi connectivity index (χ2v) is 4.92. The van der Waals surface area contributed by atoms with E-state index in [2.05, 4.69) is 25.8 Å². The molecule has 2 heterocycles. The lowest BCUT2D eigenvalue weighted by atomic mass is 10.2. The molecule has 6 nitrogen and oxygen atoms in total. The van der Waals surface area contributed by atoms with Crippen LogP contribution < -0.4 is 20.1 Å². The molecule has 0 saturated carbocycles. The Morgan fingerprint density at radius 2 is 1.86 bits per heavy atom. The second-order valence-electron chi connectivity index (χ2n) is 4.92.